The van der Waals surface area contributed by atoms with Crippen molar-refractivity contribution in [2.75, 3.05) is 19.4 Å². The van der Waals surface area contributed by atoms with Gasteiger partial charge in [0.05, 0.1) is 5.75 Å². The molecule has 5 nitrogen and oxygen atoms in total. The molecule has 12 heavy (non-hydrogen) atoms. The molecule has 0 atom stereocenters. The van der Waals surface area contributed by atoms with Gasteiger partial charge in [0.15, 0.2) is 0 Å². The van der Waals surface area contributed by atoms with Gasteiger partial charge in [0.25, 0.3) is 0 Å². The summed E-state index contributed by atoms with van der Waals surface area (Å²) in [6.07, 6.45) is 0.978. The van der Waals surface area contributed by atoms with E-state index < -0.39 is 16.0 Å². The second-order valence-electron chi connectivity index (χ2n) is 1.89. The van der Waals surface area contributed by atoms with Crippen LogP contribution in [0.25, 0.3) is 0 Å². The van der Waals surface area contributed by atoms with Crippen LogP contribution in [0.2, 0.25) is 0 Å². The van der Waals surface area contributed by atoms with Gasteiger partial charge in [-0.3, -0.25) is 0 Å². The van der Waals surface area contributed by atoms with Crippen molar-refractivity contribution >= 4 is 16.0 Å². The summed E-state index contributed by atoms with van der Waals surface area (Å²) >= 11 is 0. The topological polar surface area (TPSA) is 72.5 Å². The summed E-state index contributed by atoms with van der Waals surface area (Å²) in [5.41, 5.74) is 0. The normalized spacial score (nSPS) is 10.8. The third kappa shape index (κ3) is 4.86. The van der Waals surface area contributed by atoms with Crippen molar-refractivity contribution in [2.45, 2.75) is 0 Å². The van der Waals surface area contributed by atoms with Gasteiger partial charge in [0.1, 0.15) is 6.61 Å². The number of carbonyl (C=O) groups is 1. The lowest BCUT2D eigenvalue weighted by molar-refractivity contribution is -0.137. The first kappa shape index (κ1) is 11.1. The zero-order valence-corrected chi connectivity index (χ0v) is 7.56. The summed E-state index contributed by atoms with van der Waals surface area (Å²) < 4.78 is 28.0. The predicted molar refractivity (Wildman–Crippen MR) is 44.0 cm³/mol. The molecule has 0 aliphatic heterocycles. The number of hydrogen-bond acceptors (Lipinski definition) is 4. The van der Waals surface area contributed by atoms with Crippen LogP contribution in [0.15, 0.2) is 12.7 Å². The van der Waals surface area contributed by atoms with Gasteiger partial charge in [-0.25, -0.2) is 17.9 Å². The minimum Gasteiger partial charge on any atom is -0.461 e. The maximum absolute atomic E-state index is 10.7. The lowest BCUT2D eigenvalue weighted by Gasteiger charge is -2.01. The highest BCUT2D eigenvalue weighted by Crippen LogP contribution is 1.85. The molecular weight excluding hydrogens is 182 g/mol. The molecule has 0 spiro atoms. The van der Waals surface area contributed by atoms with E-state index in [-0.39, 0.29) is 12.4 Å². The van der Waals surface area contributed by atoms with Crippen molar-refractivity contribution in [3.8, 4) is 0 Å². The number of sulfonamides is 1. The van der Waals surface area contributed by atoms with Gasteiger partial charge in [0, 0.05) is 6.08 Å². The molecule has 0 rings (SSSR count). The van der Waals surface area contributed by atoms with Crippen molar-refractivity contribution in [2.24, 2.45) is 0 Å². The monoisotopic (exact) mass is 193 g/mol. The molecule has 0 saturated carbocycles. The van der Waals surface area contributed by atoms with Crippen molar-refractivity contribution in [1.29, 1.82) is 0 Å². The van der Waals surface area contributed by atoms with E-state index in [1.165, 1.54) is 7.05 Å². The van der Waals surface area contributed by atoms with Crippen molar-refractivity contribution < 1.29 is 17.9 Å². The third-order valence-corrected chi connectivity index (χ3v) is 2.40. The molecule has 0 unspecified atom stereocenters. The first-order valence-corrected chi connectivity index (χ1v) is 4.87. The van der Waals surface area contributed by atoms with Crippen LogP contribution in [0.3, 0.4) is 0 Å². The van der Waals surface area contributed by atoms with Crippen LogP contribution in [0, 0.1) is 0 Å². The van der Waals surface area contributed by atoms with Gasteiger partial charge in [0.2, 0.25) is 10.0 Å². The zero-order valence-electron chi connectivity index (χ0n) is 6.74. The number of nitrogens with one attached hydrogen (secondary N) is 1. The van der Waals surface area contributed by atoms with Crippen LogP contribution in [0.5, 0.6) is 0 Å². The standard InChI is InChI=1S/C6H11NO4S/c1-3-6(8)11-4-5-12(9,10)7-2/h3,7H,1,4-5H2,2H3. The van der Waals surface area contributed by atoms with Gasteiger partial charge in [-0.1, -0.05) is 6.58 Å². The molecule has 0 heterocycles. The van der Waals surface area contributed by atoms with Gasteiger partial charge < -0.3 is 4.74 Å². The summed E-state index contributed by atoms with van der Waals surface area (Å²) in [5, 5.41) is 0. The van der Waals surface area contributed by atoms with Crippen LogP contribution in [-0.4, -0.2) is 33.8 Å². The summed E-state index contributed by atoms with van der Waals surface area (Å²) in [4.78, 5) is 10.4. The first-order chi connectivity index (χ1) is 5.52. The number of rotatable bonds is 5. The molecule has 0 aliphatic carbocycles. The SMILES string of the molecule is C=CC(=O)OCCS(=O)(=O)NC. The molecule has 0 aromatic heterocycles. The fourth-order valence-corrected chi connectivity index (χ4v) is 0.920. The Morgan fingerprint density at radius 1 is 1.67 bits per heavy atom. The van der Waals surface area contributed by atoms with Crippen molar-refractivity contribution in [1.82, 2.24) is 4.72 Å². The van der Waals surface area contributed by atoms with Gasteiger partial charge >= 0.3 is 5.97 Å². The quantitative estimate of drug-likeness (QED) is 0.461. The fourth-order valence-electron chi connectivity index (χ4n) is 0.413. The molecule has 6 heteroatoms. The average molecular weight is 193 g/mol. The Balaban J connectivity index is 3.71. The maximum Gasteiger partial charge on any atom is 0.330 e. The molecule has 0 aromatic rings. The summed E-state index contributed by atoms with van der Waals surface area (Å²) in [6, 6.07) is 0. The van der Waals surface area contributed by atoms with E-state index in [0.29, 0.717) is 0 Å². The van der Waals surface area contributed by atoms with Crippen LogP contribution in [-0.2, 0) is 19.6 Å². The molecule has 0 saturated heterocycles. The molecule has 0 amide bonds. The van der Waals surface area contributed by atoms with Crippen LogP contribution in [0.4, 0.5) is 0 Å². The highest BCUT2D eigenvalue weighted by molar-refractivity contribution is 7.89. The molecule has 70 valence electrons. The first-order valence-electron chi connectivity index (χ1n) is 3.22. The number of esters is 1. The Kier molecular flexibility index (Phi) is 4.53. The van der Waals surface area contributed by atoms with E-state index in [9.17, 15) is 13.2 Å². The van der Waals surface area contributed by atoms with E-state index in [1.807, 2.05) is 0 Å². The van der Waals surface area contributed by atoms with Gasteiger partial charge in [-0.15, -0.1) is 0 Å². The predicted octanol–water partition coefficient (Wildman–Crippen LogP) is -0.735. The van der Waals surface area contributed by atoms with Crippen LogP contribution in [0.1, 0.15) is 0 Å². The molecular formula is C6H11NO4S. The average Bonchev–Trinajstić information content (AvgIpc) is 2.04. The summed E-state index contributed by atoms with van der Waals surface area (Å²) in [5.74, 6) is -0.857. The minimum absolute atomic E-state index is 0.159. The Morgan fingerprint density at radius 3 is 2.67 bits per heavy atom. The smallest absolute Gasteiger partial charge is 0.330 e. The Labute approximate surface area is 71.5 Å². The van der Waals surface area contributed by atoms with Crippen molar-refractivity contribution in [3.05, 3.63) is 12.7 Å². The number of hydrogen-bond donors (Lipinski definition) is 1. The Morgan fingerprint density at radius 2 is 2.25 bits per heavy atom. The number of carbonyl (C=O) groups excluding carboxylic acids is 1. The lowest BCUT2D eigenvalue weighted by Crippen LogP contribution is -2.25. The van der Waals surface area contributed by atoms with Crippen LogP contribution >= 0.6 is 0 Å². The van der Waals surface area contributed by atoms with Crippen molar-refractivity contribution in [3.63, 3.8) is 0 Å². The van der Waals surface area contributed by atoms with E-state index in [2.05, 4.69) is 16.0 Å². The van der Waals surface area contributed by atoms with Gasteiger partial charge in [-0.05, 0) is 7.05 Å². The fraction of sp³-hybridized carbons (Fsp3) is 0.500. The Bertz CT molecular complexity index is 257. The summed E-state index contributed by atoms with van der Waals surface area (Å²) in [7, 11) is -1.99. The minimum atomic E-state index is -3.28. The second kappa shape index (κ2) is 4.89. The number of ether oxygens (including phenoxy) is 1. The Hall–Kier alpha value is -0.880. The molecule has 0 aliphatic rings. The van der Waals surface area contributed by atoms with Gasteiger partial charge in [-0.2, -0.15) is 0 Å². The lowest BCUT2D eigenvalue weighted by atomic mass is 10.6. The summed E-state index contributed by atoms with van der Waals surface area (Å²) in [6.45, 7) is 3.00. The molecule has 1 N–H and O–H groups in total. The largest absolute Gasteiger partial charge is 0.461 e. The molecule has 0 bridgehead atoms. The highest BCUT2D eigenvalue weighted by Gasteiger charge is 2.07. The van der Waals surface area contributed by atoms with E-state index >= 15 is 0 Å². The molecule has 0 aromatic carbocycles. The molecule has 0 radical (unpaired) electrons. The molecule has 0 fully saturated rings. The van der Waals surface area contributed by atoms with Crippen LogP contribution < -0.4 is 4.72 Å². The zero-order chi connectivity index (χ0) is 9.61. The maximum atomic E-state index is 10.7. The highest BCUT2D eigenvalue weighted by atomic mass is 32.2. The van der Waals surface area contributed by atoms with E-state index in [0.717, 1.165) is 6.08 Å². The van der Waals surface area contributed by atoms with E-state index in [1.54, 1.807) is 0 Å². The van der Waals surface area contributed by atoms with E-state index in [4.69, 9.17) is 0 Å². The third-order valence-electron chi connectivity index (χ3n) is 1.07. The second-order valence-corrected chi connectivity index (χ2v) is 3.94.